The molecule has 0 rings (SSSR count). The number of allylic oxidation sites excluding steroid dienone is 2. The van der Waals surface area contributed by atoms with E-state index in [0.717, 1.165) is 57.8 Å². The minimum Gasteiger partial charge on any atom is -0.462 e. The van der Waals surface area contributed by atoms with E-state index in [4.69, 9.17) is 14.2 Å². The molecule has 0 aliphatic heterocycles. The van der Waals surface area contributed by atoms with Crippen LogP contribution < -0.4 is 0 Å². The highest BCUT2D eigenvalue weighted by atomic mass is 16.6. The van der Waals surface area contributed by atoms with Gasteiger partial charge in [0.25, 0.3) is 0 Å². The zero-order chi connectivity index (χ0) is 47.2. The van der Waals surface area contributed by atoms with Crippen molar-refractivity contribution < 1.29 is 28.6 Å². The first-order valence-electron chi connectivity index (χ1n) is 29.2. The van der Waals surface area contributed by atoms with Gasteiger partial charge in [0.2, 0.25) is 0 Å². The highest BCUT2D eigenvalue weighted by molar-refractivity contribution is 5.71. The molecule has 0 fully saturated rings. The van der Waals surface area contributed by atoms with Crippen LogP contribution in [0.3, 0.4) is 0 Å². The molecule has 0 bridgehead atoms. The van der Waals surface area contributed by atoms with Gasteiger partial charge in [-0.15, -0.1) is 0 Å². The molecule has 384 valence electrons. The zero-order valence-electron chi connectivity index (χ0n) is 44.0. The minimum absolute atomic E-state index is 0.0649. The van der Waals surface area contributed by atoms with Crippen molar-refractivity contribution in [3.8, 4) is 0 Å². The fourth-order valence-electron chi connectivity index (χ4n) is 8.85. The number of ether oxygens (including phenoxy) is 3. The Morgan fingerprint density at radius 2 is 0.508 bits per heavy atom. The van der Waals surface area contributed by atoms with Crippen molar-refractivity contribution in [3.63, 3.8) is 0 Å². The van der Waals surface area contributed by atoms with Crippen LogP contribution in [-0.2, 0) is 28.6 Å². The van der Waals surface area contributed by atoms with E-state index in [1.54, 1.807) is 0 Å². The van der Waals surface area contributed by atoms with Crippen molar-refractivity contribution in [3.05, 3.63) is 12.2 Å². The van der Waals surface area contributed by atoms with Gasteiger partial charge in [-0.2, -0.15) is 0 Å². The van der Waals surface area contributed by atoms with Crippen molar-refractivity contribution in [1.82, 2.24) is 0 Å². The summed E-state index contributed by atoms with van der Waals surface area (Å²) in [4.78, 5) is 38.1. The molecule has 6 nitrogen and oxygen atoms in total. The molecule has 0 aromatic heterocycles. The highest BCUT2D eigenvalue weighted by Gasteiger charge is 2.19. The van der Waals surface area contributed by atoms with Gasteiger partial charge in [0, 0.05) is 19.3 Å². The van der Waals surface area contributed by atoms with Crippen LogP contribution in [0.25, 0.3) is 0 Å². The average Bonchev–Trinajstić information content (AvgIpc) is 3.30. The number of carbonyl (C=O) groups is 3. The summed E-state index contributed by atoms with van der Waals surface area (Å²) in [6.07, 6.45) is 62.1. The predicted molar refractivity (Wildman–Crippen MR) is 280 cm³/mol. The Morgan fingerprint density at radius 3 is 0.769 bits per heavy atom. The fraction of sp³-hybridized carbons (Fsp3) is 0.915. The van der Waals surface area contributed by atoms with E-state index in [9.17, 15) is 14.4 Å². The van der Waals surface area contributed by atoms with E-state index in [2.05, 4.69) is 32.9 Å². The maximum Gasteiger partial charge on any atom is 0.306 e. The van der Waals surface area contributed by atoms with Gasteiger partial charge in [0.15, 0.2) is 6.10 Å². The Kier molecular flexibility index (Phi) is 53.2. The van der Waals surface area contributed by atoms with Gasteiger partial charge in [-0.3, -0.25) is 14.4 Å². The van der Waals surface area contributed by atoms with E-state index >= 15 is 0 Å². The summed E-state index contributed by atoms with van der Waals surface area (Å²) in [6.45, 7) is 6.68. The number of rotatable bonds is 54. The molecule has 0 aromatic rings. The number of hydrogen-bond donors (Lipinski definition) is 0. The Bertz CT molecular complexity index is 1010. The lowest BCUT2D eigenvalue weighted by Crippen LogP contribution is -2.30. The van der Waals surface area contributed by atoms with Gasteiger partial charge < -0.3 is 14.2 Å². The average molecular weight is 918 g/mol. The van der Waals surface area contributed by atoms with Gasteiger partial charge in [-0.25, -0.2) is 0 Å². The lowest BCUT2D eigenvalue weighted by Gasteiger charge is -2.18. The van der Waals surface area contributed by atoms with E-state index in [0.29, 0.717) is 19.3 Å². The molecule has 0 spiro atoms. The molecule has 1 atom stereocenters. The number of hydrogen-bond acceptors (Lipinski definition) is 6. The molecule has 0 amide bonds. The molecule has 1 unspecified atom stereocenters. The predicted octanol–water partition coefficient (Wildman–Crippen LogP) is 19.3. The van der Waals surface area contributed by atoms with Crippen LogP contribution in [0.2, 0.25) is 0 Å². The monoisotopic (exact) mass is 917 g/mol. The van der Waals surface area contributed by atoms with E-state index in [1.165, 1.54) is 231 Å². The van der Waals surface area contributed by atoms with Crippen molar-refractivity contribution in [2.75, 3.05) is 13.2 Å². The lowest BCUT2D eigenvalue weighted by molar-refractivity contribution is -0.167. The second-order valence-electron chi connectivity index (χ2n) is 19.9. The summed E-state index contributed by atoms with van der Waals surface area (Å²) in [5, 5.41) is 0. The van der Waals surface area contributed by atoms with E-state index < -0.39 is 6.10 Å². The van der Waals surface area contributed by atoms with Crippen LogP contribution in [0, 0.1) is 0 Å². The fourth-order valence-corrected chi connectivity index (χ4v) is 8.85. The first-order chi connectivity index (χ1) is 32.0. The molecule has 0 saturated heterocycles. The summed E-state index contributed by atoms with van der Waals surface area (Å²) >= 11 is 0. The second-order valence-corrected chi connectivity index (χ2v) is 19.9. The third kappa shape index (κ3) is 53.0. The molecule has 0 aliphatic carbocycles. The smallest absolute Gasteiger partial charge is 0.306 e. The second kappa shape index (κ2) is 54.8. The summed E-state index contributed by atoms with van der Waals surface area (Å²) in [5.74, 6) is -0.845. The van der Waals surface area contributed by atoms with E-state index in [-0.39, 0.29) is 31.1 Å². The van der Waals surface area contributed by atoms with Gasteiger partial charge in [0.1, 0.15) is 13.2 Å². The number of unbranched alkanes of at least 4 members (excludes halogenated alkanes) is 41. The third-order valence-corrected chi connectivity index (χ3v) is 13.3. The quantitative estimate of drug-likeness (QED) is 0.0262. The lowest BCUT2D eigenvalue weighted by atomic mass is 10.0. The summed E-state index contributed by atoms with van der Waals surface area (Å²) < 4.78 is 16.9. The van der Waals surface area contributed by atoms with Crippen LogP contribution in [0.15, 0.2) is 12.2 Å². The Balaban J connectivity index is 4.23. The van der Waals surface area contributed by atoms with Crippen LogP contribution in [0.4, 0.5) is 0 Å². The SMILES string of the molecule is CCCCCCCCCC/C=C\CCCCCCCCCCCC(=O)OCC(COC(=O)CCCCCCCCCCCC)OC(=O)CCCCCCCCCCCCCCCCCC. The largest absolute Gasteiger partial charge is 0.462 e. The van der Waals surface area contributed by atoms with Gasteiger partial charge in [0.05, 0.1) is 0 Å². The standard InChI is InChI=1S/C59H112O6/c1-4-7-10-13-16-19-22-24-26-28-29-30-31-32-34-35-37-40-43-46-49-52-58(61)64-55-56(54-63-57(60)51-48-45-42-39-21-18-15-12-9-6-3)65-59(62)53-50-47-44-41-38-36-33-27-25-23-20-17-14-11-8-5-2/h28-29,56H,4-27,30-55H2,1-3H3/b29-28-. The Hall–Kier alpha value is -1.85. The maximum absolute atomic E-state index is 12.8. The third-order valence-electron chi connectivity index (χ3n) is 13.3. The molecule has 0 heterocycles. The van der Waals surface area contributed by atoms with Gasteiger partial charge >= 0.3 is 17.9 Å². The summed E-state index contributed by atoms with van der Waals surface area (Å²) in [5.41, 5.74) is 0. The topological polar surface area (TPSA) is 78.9 Å². The van der Waals surface area contributed by atoms with Crippen molar-refractivity contribution in [2.24, 2.45) is 0 Å². The molecule has 0 N–H and O–H groups in total. The summed E-state index contributed by atoms with van der Waals surface area (Å²) in [7, 11) is 0. The van der Waals surface area contributed by atoms with Gasteiger partial charge in [-0.05, 0) is 44.9 Å². The van der Waals surface area contributed by atoms with Crippen LogP contribution in [0.5, 0.6) is 0 Å². The first kappa shape index (κ1) is 63.1. The first-order valence-corrected chi connectivity index (χ1v) is 29.2. The molecule has 65 heavy (non-hydrogen) atoms. The van der Waals surface area contributed by atoms with Gasteiger partial charge in [-0.1, -0.05) is 277 Å². The van der Waals surface area contributed by atoms with Crippen molar-refractivity contribution in [1.29, 1.82) is 0 Å². The molecule has 0 radical (unpaired) electrons. The van der Waals surface area contributed by atoms with Crippen LogP contribution in [-0.4, -0.2) is 37.2 Å². The van der Waals surface area contributed by atoms with Crippen molar-refractivity contribution in [2.45, 2.75) is 335 Å². The van der Waals surface area contributed by atoms with E-state index in [1.807, 2.05) is 0 Å². The highest BCUT2D eigenvalue weighted by Crippen LogP contribution is 2.17. The molecule has 6 heteroatoms. The van der Waals surface area contributed by atoms with Crippen molar-refractivity contribution >= 4 is 17.9 Å². The molecular formula is C59H112O6. The number of carbonyl (C=O) groups excluding carboxylic acids is 3. The summed E-state index contributed by atoms with van der Waals surface area (Å²) in [6, 6.07) is 0. The molecule has 0 saturated carbocycles. The Labute approximate surface area is 405 Å². The molecular weight excluding hydrogens is 805 g/mol. The Morgan fingerprint density at radius 1 is 0.292 bits per heavy atom. The maximum atomic E-state index is 12.8. The van der Waals surface area contributed by atoms with Crippen LogP contribution >= 0.6 is 0 Å². The number of esters is 3. The minimum atomic E-state index is -0.764. The van der Waals surface area contributed by atoms with Crippen LogP contribution in [0.1, 0.15) is 329 Å². The normalized spacial score (nSPS) is 12.0. The molecule has 0 aromatic carbocycles. The zero-order valence-corrected chi connectivity index (χ0v) is 44.0. The molecule has 0 aliphatic rings.